The SMILES string of the molecule is CCCc1cn(-c2c(OC)cccc2C(=O)O)c(=O)n1Cc1ccc(-c2cccnc2-c2nnn[nH]2)cc1. The second-order valence-corrected chi connectivity index (χ2v) is 8.62. The maximum atomic E-state index is 13.6. The van der Waals surface area contributed by atoms with Crippen molar-refractivity contribution in [1.29, 1.82) is 0 Å². The zero-order chi connectivity index (χ0) is 26.6. The first kappa shape index (κ1) is 24.6. The summed E-state index contributed by atoms with van der Waals surface area (Å²) in [6, 6.07) is 16.3. The molecular weight excluding hydrogens is 486 g/mol. The van der Waals surface area contributed by atoms with E-state index in [4.69, 9.17) is 4.74 Å². The van der Waals surface area contributed by atoms with Crippen molar-refractivity contribution in [2.45, 2.75) is 26.3 Å². The summed E-state index contributed by atoms with van der Waals surface area (Å²) in [6.07, 6.45) is 4.86. The normalized spacial score (nSPS) is 11.0. The summed E-state index contributed by atoms with van der Waals surface area (Å²) in [4.78, 5) is 30.0. The van der Waals surface area contributed by atoms with Crippen molar-refractivity contribution < 1.29 is 14.6 Å². The number of aromatic amines is 1. The number of carbonyl (C=O) groups is 1. The molecule has 2 N–H and O–H groups in total. The van der Waals surface area contributed by atoms with Crippen LogP contribution in [-0.2, 0) is 13.0 Å². The number of tetrazole rings is 1. The quantitative estimate of drug-likeness (QED) is 0.306. The number of carboxylic acids is 1. The van der Waals surface area contributed by atoms with Crippen molar-refractivity contribution in [2.75, 3.05) is 7.11 Å². The molecule has 0 aliphatic rings. The number of carboxylic acid groups (broad SMARTS) is 1. The van der Waals surface area contributed by atoms with Gasteiger partial charge in [-0.15, -0.1) is 5.10 Å². The number of ether oxygens (including phenoxy) is 1. The van der Waals surface area contributed by atoms with Gasteiger partial charge < -0.3 is 9.84 Å². The summed E-state index contributed by atoms with van der Waals surface area (Å²) >= 11 is 0. The Morgan fingerprint density at radius 2 is 1.92 bits per heavy atom. The highest BCUT2D eigenvalue weighted by molar-refractivity contribution is 5.93. The van der Waals surface area contributed by atoms with Gasteiger partial charge in [0.2, 0.25) is 0 Å². The van der Waals surface area contributed by atoms with Crippen molar-refractivity contribution in [2.24, 2.45) is 0 Å². The first-order chi connectivity index (χ1) is 18.5. The van der Waals surface area contributed by atoms with E-state index in [1.807, 2.05) is 43.3 Å². The highest BCUT2D eigenvalue weighted by Gasteiger charge is 2.21. The average Bonchev–Trinajstić information content (AvgIpc) is 3.58. The first-order valence-electron chi connectivity index (χ1n) is 12.0. The Balaban J connectivity index is 1.52. The van der Waals surface area contributed by atoms with Gasteiger partial charge in [0, 0.05) is 23.7 Å². The summed E-state index contributed by atoms with van der Waals surface area (Å²) in [6.45, 7) is 2.35. The van der Waals surface area contributed by atoms with Crippen LogP contribution in [0.4, 0.5) is 0 Å². The lowest BCUT2D eigenvalue weighted by Gasteiger charge is -2.11. The van der Waals surface area contributed by atoms with Crippen LogP contribution in [0.3, 0.4) is 0 Å². The van der Waals surface area contributed by atoms with Gasteiger partial charge in [-0.25, -0.2) is 14.7 Å². The van der Waals surface area contributed by atoms with Gasteiger partial charge in [0.05, 0.1) is 19.2 Å². The average molecular weight is 512 g/mol. The predicted octanol–water partition coefficient (Wildman–Crippen LogP) is 3.59. The molecule has 3 aromatic heterocycles. The Hall–Kier alpha value is -5.06. The van der Waals surface area contributed by atoms with Crippen LogP contribution in [0.5, 0.6) is 5.75 Å². The molecule has 5 rings (SSSR count). The third-order valence-corrected chi connectivity index (χ3v) is 6.24. The topological polar surface area (TPSA) is 141 Å². The summed E-state index contributed by atoms with van der Waals surface area (Å²) in [5, 5.41) is 23.8. The molecule has 2 aromatic carbocycles. The molecule has 3 heterocycles. The Morgan fingerprint density at radius 1 is 1.11 bits per heavy atom. The number of H-pyrrole nitrogens is 1. The molecule has 0 amide bonds. The predicted molar refractivity (Wildman–Crippen MR) is 139 cm³/mol. The van der Waals surface area contributed by atoms with Crippen LogP contribution < -0.4 is 10.4 Å². The molecule has 0 fully saturated rings. The number of nitrogens with zero attached hydrogens (tertiary/aromatic N) is 6. The number of aromatic nitrogens is 7. The van der Waals surface area contributed by atoms with Gasteiger partial charge in [-0.2, -0.15) is 0 Å². The minimum atomic E-state index is -1.14. The zero-order valence-corrected chi connectivity index (χ0v) is 20.8. The minimum absolute atomic E-state index is 0.00904. The molecule has 0 saturated heterocycles. The smallest absolute Gasteiger partial charge is 0.337 e. The first-order valence-corrected chi connectivity index (χ1v) is 12.0. The van der Waals surface area contributed by atoms with Gasteiger partial charge in [-0.1, -0.05) is 49.7 Å². The van der Waals surface area contributed by atoms with E-state index in [9.17, 15) is 14.7 Å². The van der Waals surface area contributed by atoms with E-state index in [-0.39, 0.29) is 16.9 Å². The molecule has 0 atom stereocenters. The van der Waals surface area contributed by atoms with Gasteiger partial charge >= 0.3 is 11.7 Å². The summed E-state index contributed by atoms with van der Waals surface area (Å²) in [5.74, 6) is -0.355. The highest BCUT2D eigenvalue weighted by Crippen LogP contribution is 2.29. The number of aryl methyl sites for hydroxylation is 1. The van der Waals surface area contributed by atoms with Crippen LogP contribution in [0, 0.1) is 0 Å². The number of pyridine rings is 1. The van der Waals surface area contributed by atoms with Gasteiger partial charge in [-0.05, 0) is 46.2 Å². The molecule has 38 heavy (non-hydrogen) atoms. The molecule has 11 heteroatoms. The Kier molecular flexibility index (Phi) is 6.81. The molecule has 192 valence electrons. The van der Waals surface area contributed by atoms with Crippen molar-refractivity contribution >= 4 is 5.97 Å². The summed E-state index contributed by atoms with van der Waals surface area (Å²) in [5.41, 5.74) is 4.01. The van der Waals surface area contributed by atoms with E-state index < -0.39 is 5.97 Å². The van der Waals surface area contributed by atoms with Crippen LogP contribution >= 0.6 is 0 Å². The number of para-hydroxylation sites is 1. The Morgan fingerprint density at radius 3 is 2.61 bits per heavy atom. The largest absolute Gasteiger partial charge is 0.495 e. The van der Waals surface area contributed by atoms with Crippen LogP contribution in [0.2, 0.25) is 0 Å². The molecule has 11 nitrogen and oxygen atoms in total. The summed E-state index contributed by atoms with van der Waals surface area (Å²) in [7, 11) is 1.45. The maximum Gasteiger partial charge on any atom is 0.337 e. The van der Waals surface area contributed by atoms with Crippen molar-refractivity contribution in [3.8, 4) is 34.1 Å². The number of imidazole rings is 1. The Bertz CT molecular complexity index is 1640. The van der Waals surface area contributed by atoms with Crippen LogP contribution in [0.25, 0.3) is 28.3 Å². The lowest BCUT2D eigenvalue weighted by atomic mass is 10.0. The number of hydrogen-bond acceptors (Lipinski definition) is 7. The van der Waals surface area contributed by atoms with E-state index in [0.29, 0.717) is 30.2 Å². The van der Waals surface area contributed by atoms with E-state index in [1.54, 1.807) is 29.1 Å². The lowest BCUT2D eigenvalue weighted by molar-refractivity contribution is 0.0696. The number of benzene rings is 2. The van der Waals surface area contributed by atoms with Crippen LogP contribution in [0.15, 0.2) is 71.8 Å². The van der Waals surface area contributed by atoms with E-state index in [0.717, 1.165) is 28.8 Å². The third-order valence-electron chi connectivity index (χ3n) is 6.24. The van der Waals surface area contributed by atoms with E-state index in [2.05, 4.69) is 25.6 Å². The Labute approximate surface area is 217 Å². The molecule has 5 aromatic rings. The van der Waals surface area contributed by atoms with Crippen LogP contribution in [-0.4, -0.2) is 52.9 Å². The maximum absolute atomic E-state index is 13.6. The molecule has 0 spiro atoms. The van der Waals surface area contributed by atoms with Crippen molar-refractivity contribution in [1.82, 2.24) is 34.7 Å². The molecular formula is C27H25N7O4. The lowest BCUT2D eigenvalue weighted by Crippen LogP contribution is -2.26. The number of rotatable bonds is 9. The molecule has 0 unspecified atom stereocenters. The van der Waals surface area contributed by atoms with E-state index in [1.165, 1.54) is 17.7 Å². The standard InChI is InChI=1S/C27H25N7O4/c1-3-6-19-16-34(24-21(26(35)36)7-4-9-22(24)38-2)27(37)33(19)15-17-10-12-18(13-11-17)20-8-5-14-28-23(20)25-29-31-32-30-25/h4-5,7-14,16H,3,6,15H2,1-2H3,(H,35,36)(H,29,30,31,32). The second kappa shape index (κ2) is 10.5. The summed E-state index contributed by atoms with van der Waals surface area (Å²) < 4.78 is 8.46. The highest BCUT2D eigenvalue weighted by atomic mass is 16.5. The fourth-order valence-corrected chi connectivity index (χ4v) is 4.48. The third kappa shape index (κ3) is 4.57. The second-order valence-electron chi connectivity index (χ2n) is 8.62. The molecule has 0 bridgehead atoms. The monoisotopic (exact) mass is 511 g/mol. The molecule has 0 radical (unpaired) electrons. The van der Waals surface area contributed by atoms with Crippen molar-refractivity contribution in [3.05, 3.63) is 94.3 Å². The fraction of sp³-hybridized carbons (Fsp3) is 0.185. The molecule has 0 aliphatic heterocycles. The van der Waals surface area contributed by atoms with Gasteiger partial charge in [-0.3, -0.25) is 14.1 Å². The van der Waals surface area contributed by atoms with Gasteiger partial charge in [0.15, 0.2) is 5.82 Å². The number of methoxy groups -OCH3 is 1. The van der Waals surface area contributed by atoms with E-state index >= 15 is 0 Å². The minimum Gasteiger partial charge on any atom is -0.495 e. The molecule has 0 saturated carbocycles. The molecule has 0 aliphatic carbocycles. The van der Waals surface area contributed by atoms with Gasteiger partial charge in [0.1, 0.15) is 17.1 Å². The van der Waals surface area contributed by atoms with Crippen LogP contribution in [0.1, 0.15) is 35.0 Å². The van der Waals surface area contributed by atoms with Crippen molar-refractivity contribution in [3.63, 3.8) is 0 Å². The zero-order valence-electron chi connectivity index (χ0n) is 20.8. The number of aromatic carboxylic acids is 1. The van der Waals surface area contributed by atoms with Gasteiger partial charge in [0.25, 0.3) is 0 Å². The number of nitrogens with one attached hydrogen (secondary N) is 1. The number of hydrogen-bond donors (Lipinski definition) is 2. The fourth-order valence-electron chi connectivity index (χ4n) is 4.48.